The molecule has 1 amide bonds. The third-order valence-electron chi connectivity index (χ3n) is 5.94. The van der Waals surface area contributed by atoms with Gasteiger partial charge in [0.1, 0.15) is 5.76 Å². The molecule has 1 aliphatic rings. The van der Waals surface area contributed by atoms with Gasteiger partial charge in [-0.1, -0.05) is 84.5 Å². The first-order chi connectivity index (χ1) is 16.0. The van der Waals surface area contributed by atoms with Gasteiger partial charge in [0.15, 0.2) is 5.13 Å². The van der Waals surface area contributed by atoms with Gasteiger partial charge in [0.05, 0.1) is 21.8 Å². The molecule has 33 heavy (non-hydrogen) atoms. The van der Waals surface area contributed by atoms with Crippen LogP contribution in [0.4, 0.5) is 5.13 Å². The zero-order valence-corrected chi connectivity index (χ0v) is 19.1. The first kappa shape index (κ1) is 21.1. The molecule has 3 aromatic carbocycles. The molecule has 1 atom stereocenters. The van der Waals surface area contributed by atoms with Crippen LogP contribution in [-0.4, -0.2) is 21.8 Å². The van der Waals surface area contributed by atoms with E-state index in [1.54, 1.807) is 12.1 Å². The highest BCUT2D eigenvalue weighted by Gasteiger charge is 2.48. The number of hydrogen-bond donors (Lipinski definition) is 1. The molecule has 2 heterocycles. The van der Waals surface area contributed by atoms with Crippen molar-refractivity contribution in [2.75, 3.05) is 4.90 Å². The molecule has 1 N–H and O–H groups in total. The molecule has 6 heteroatoms. The molecule has 4 aromatic rings. The van der Waals surface area contributed by atoms with Crippen molar-refractivity contribution in [1.82, 2.24) is 4.98 Å². The lowest BCUT2D eigenvalue weighted by Crippen LogP contribution is -2.29. The standard InChI is InChI=1S/C27H22N2O3S/c1-3-17-11-14-20-21(15-17)33-27(28-20)29-23(18-7-5-4-6-8-18)22(25(31)26(29)32)24(30)19-12-9-16(2)10-13-19/h4-15,23,30H,3H2,1-2H3. The number of thiazole rings is 1. The van der Waals surface area contributed by atoms with Crippen molar-refractivity contribution < 1.29 is 14.7 Å². The van der Waals surface area contributed by atoms with Crippen LogP contribution in [0.15, 0.2) is 78.4 Å². The Morgan fingerprint density at radius 2 is 1.76 bits per heavy atom. The fourth-order valence-corrected chi connectivity index (χ4v) is 5.18. The summed E-state index contributed by atoms with van der Waals surface area (Å²) in [7, 11) is 0. The Kier molecular flexibility index (Phi) is 5.30. The van der Waals surface area contributed by atoms with Gasteiger partial charge in [0.2, 0.25) is 0 Å². The van der Waals surface area contributed by atoms with E-state index >= 15 is 0 Å². The average molecular weight is 455 g/mol. The van der Waals surface area contributed by atoms with Crippen LogP contribution in [0.3, 0.4) is 0 Å². The zero-order chi connectivity index (χ0) is 23.1. The Labute approximate surface area is 195 Å². The number of carbonyl (C=O) groups excluding carboxylic acids is 2. The number of aryl methyl sites for hydroxylation is 2. The van der Waals surface area contributed by atoms with E-state index in [9.17, 15) is 14.7 Å². The monoisotopic (exact) mass is 454 g/mol. The molecule has 0 spiro atoms. The molecule has 5 rings (SSSR count). The number of hydrogen-bond acceptors (Lipinski definition) is 5. The van der Waals surface area contributed by atoms with Gasteiger partial charge in [0.25, 0.3) is 5.78 Å². The molecule has 0 aliphatic carbocycles. The Morgan fingerprint density at radius 3 is 2.45 bits per heavy atom. The second-order valence-corrected chi connectivity index (χ2v) is 9.11. The lowest BCUT2D eigenvalue weighted by molar-refractivity contribution is -0.132. The molecule has 1 saturated heterocycles. The lowest BCUT2D eigenvalue weighted by Gasteiger charge is -2.22. The van der Waals surface area contributed by atoms with E-state index in [4.69, 9.17) is 0 Å². The normalized spacial score (nSPS) is 17.8. The van der Waals surface area contributed by atoms with E-state index in [1.807, 2.05) is 61.5 Å². The minimum Gasteiger partial charge on any atom is -0.507 e. The van der Waals surface area contributed by atoms with Crippen molar-refractivity contribution in [3.8, 4) is 0 Å². The number of aliphatic hydroxyl groups excluding tert-OH is 1. The number of anilines is 1. The van der Waals surface area contributed by atoms with Crippen molar-refractivity contribution in [2.45, 2.75) is 26.3 Å². The molecule has 164 valence electrons. The smallest absolute Gasteiger partial charge is 0.301 e. The Balaban J connectivity index is 1.71. The highest BCUT2D eigenvalue weighted by atomic mass is 32.1. The van der Waals surface area contributed by atoms with Crippen LogP contribution < -0.4 is 4.90 Å². The van der Waals surface area contributed by atoms with Gasteiger partial charge >= 0.3 is 5.91 Å². The maximum Gasteiger partial charge on any atom is 0.301 e. The molecule has 0 saturated carbocycles. The number of Topliss-reactive ketones (excluding diaryl/α,β-unsaturated/α-hetero) is 1. The van der Waals surface area contributed by atoms with Crippen molar-refractivity contribution in [3.63, 3.8) is 0 Å². The van der Waals surface area contributed by atoms with Crippen LogP contribution in [-0.2, 0) is 16.0 Å². The Hall–Kier alpha value is -3.77. The summed E-state index contributed by atoms with van der Waals surface area (Å²) in [6.45, 7) is 4.03. The van der Waals surface area contributed by atoms with Crippen LogP contribution in [0.5, 0.6) is 0 Å². The van der Waals surface area contributed by atoms with Gasteiger partial charge in [-0.05, 0) is 36.6 Å². The number of ketones is 1. The average Bonchev–Trinajstić information content (AvgIpc) is 3.37. The summed E-state index contributed by atoms with van der Waals surface area (Å²) in [5.74, 6) is -1.58. The predicted octanol–water partition coefficient (Wildman–Crippen LogP) is 5.79. The highest BCUT2D eigenvalue weighted by molar-refractivity contribution is 7.22. The van der Waals surface area contributed by atoms with Crippen LogP contribution in [0.2, 0.25) is 0 Å². The maximum atomic E-state index is 13.3. The minimum absolute atomic E-state index is 0.0727. The Bertz CT molecular complexity index is 1400. The fraction of sp³-hybridized carbons (Fsp3) is 0.148. The first-order valence-corrected chi connectivity index (χ1v) is 11.6. The van der Waals surface area contributed by atoms with Crippen LogP contribution in [0, 0.1) is 6.92 Å². The minimum atomic E-state index is -0.765. The fourth-order valence-electron chi connectivity index (χ4n) is 4.13. The topological polar surface area (TPSA) is 70.5 Å². The number of fused-ring (bicyclic) bond motifs is 1. The highest BCUT2D eigenvalue weighted by Crippen LogP contribution is 2.44. The predicted molar refractivity (Wildman–Crippen MR) is 131 cm³/mol. The second kappa shape index (κ2) is 8.30. The van der Waals surface area contributed by atoms with Crippen LogP contribution in [0.25, 0.3) is 16.0 Å². The number of aromatic nitrogens is 1. The quantitative estimate of drug-likeness (QED) is 0.241. The van der Waals surface area contributed by atoms with Crippen LogP contribution in [0.1, 0.15) is 35.2 Å². The third kappa shape index (κ3) is 3.62. The number of carbonyl (C=O) groups is 2. The van der Waals surface area contributed by atoms with Gasteiger partial charge in [-0.2, -0.15) is 0 Å². The lowest BCUT2D eigenvalue weighted by atomic mass is 9.95. The molecule has 0 bridgehead atoms. The molecule has 1 aromatic heterocycles. The Morgan fingerprint density at radius 1 is 1.03 bits per heavy atom. The molecule has 0 radical (unpaired) electrons. The summed E-state index contributed by atoms with van der Waals surface area (Å²) >= 11 is 1.38. The largest absolute Gasteiger partial charge is 0.507 e. The van der Waals surface area contributed by atoms with Gasteiger partial charge in [0, 0.05) is 5.56 Å². The second-order valence-electron chi connectivity index (χ2n) is 8.10. The molecule has 5 nitrogen and oxygen atoms in total. The zero-order valence-electron chi connectivity index (χ0n) is 18.3. The van der Waals surface area contributed by atoms with Crippen molar-refractivity contribution in [1.29, 1.82) is 0 Å². The van der Waals surface area contributed by atoms with E-state index < -0.39 is 17.7 Å². The van der Waals surface area contributed by atoms with Crippen molar-refractivity contribution in [3.05, 3.63) is 101 Å². The van der Waals surface area contributed by atoms with E-state index in [0.29, 0.717) is 10.7 Å². The molecule has 1 fully saturated rings. The van der Waals surface area contributed by atoms with Gasteiger partial charge in [-0.15, -0.1) is 0 Å². The van der Waals surface area contributed by atoms with E-state index in [1.165, 1.54) is 21.8 Å². The third-order valence-corrected chi connectivity index (χ3v) is 6.96. The summed E-state index contributed by atoms with van der Waals surface area (Å²) in [6.07, 6.45) is 0.897. The van der Waals surface area contributed by atoms with Gasteiger partial charge in [-0.25, -0.2) is 4.98 Å². The summed E-state index contributed by atoms with van der Waals surface area (Å²) < 4.78 is 0.955. The molecule has 1 unspecified atom stereocenters. The van der Waals surface area contributed by atoms with Crippen LogP contribution >= 0.6 is 11.3 Å². The number of aliphatic hydroxyl groups is 1. The number of benzene rings is 3. The number of rotatable bonds is 4. The number of nitrogens with zero attached hydrogens (tertiary/aromatic N) is 2. The van der Waals surface area contributed by atoms with E-state index in [2.05, 4.69) is 18.0 Å². The van der Waals surface area contributed by atoms with Crippen molar-refractivity contribution in [2.24, 2.45) is 0 Å². The van der Waals surface area contributed by atoms with Gasteiger partial charge in [-0.3, -0.25) is 14.5 Å². The molecule has 1 aliphatic heterocycles. The van der Waals surface area contributed by atoms with E-state index in [0.717, 1.165) is 27.8 Å². The SMILES string of the molecule is CCc1ccc2nc(N3C(=O)C(=O)C(=C(O)c4ccc(C)cc4)C3c3ccccc3)sc2c1. The summed E-state index contributed by atoms with van der Waals surface area (Å²) in [5.41, 5.74) is 4.30. The number of amides is 1. The molecular weight excluding hydrogens is 432 g/mol. The maximum absolute atomic E-state index is 13.3. The van der Waals surface area contributed by atoms with E-state index in [-0.39, 0.29) is 11.3 Å². The van der Waals surface area contributed by atoms with Gasteiger partial charge < -0.3 is 5.11 Å². The summed E-state index contributed by atoms with van der Waals surface area (Å²) in [4.78, 5) is 32.6. The van der Waals surface area contributed by atoms with Crippen molar-refractivity contribution >= 4 is 44.1 Å². The summed E-state index contributed by atoms with van der Waals surface area (Å²) in [6, 6.07) is 21.8. The first-order valence-electron chi connectivity index (χ1n) is 10.8. The summed E-state index contributed by atoms with van der Waals surface area (Å²) in [5, 5.41) is 11.6. The molecular formula is C27H22N2O3S.